The molecular weight excluding hydrogens is 306 g/mol. The van der Waals surface area contributed by atoms with Gasteiger partial charge in [-0.05, 0) is 34.1 Å². The van der Waals surface area contributed by atoms with Crippen LogP contribution in [0.4, 0.5) is 23.2 Å². The summed E-state index contributed by atoms with van der Waals surface area (Å²) in [5, 5.41) is 2.75. The molecule has 0 amide bonds. The van der Waals surface area contributed by atoms with E-state index in [4.69, 9.17) is 0 Å². The fourth-order valence-corrected chi connectivity index (χ4v) is 1.31. The van der Waals surface area contributed by atoms with Crippen LogP contribution in [0.15, 0.2) is 22.7 Å². The van der Waals surface area contributed by atoms with Crippen molar-refractivity contribution in [2.45, 2.75) is 6.18 Å². The van der Waals surface area contributed by atoms with Crippen LogP contribution in [0.2, 0.25) is 0 Å². The highest BCUT2D eigenvalue weighted by molar-refractivity contribution is 9.10. The molecule has 0 spiro atoms. The maximum Gasteiger partial charge on any atom is 0.411 e. The van der Waals surface area contributed by atoms with Crippen molar-refractivity contribution in [1.29, 1.82) is 0 Å². The average Bonchev–Trinajstić information content (AvgIpc) is 2.21. The lowest BCUT2D eigenvalue weighted by atomic mass is 10.3. The number of anilines is 1. The fourth-order valence-electron chi connectivity index (χ4n) is 1.06. The molecule has 0 aromatic heterocycles. The van der Waals surface area contributed by atoms with E-state index in [0.29, 0.717) is 10.2 Å². The first kappa shape index (κ1) is 14.2. The van der Waals surface area contributed by atoms with E-state index >= 15 is 0 Å². The first-order valence-corrected chi connectivity index (χ1v) is 5.51. The molecule has 0 fully saturated rings. The average molecular weight is 316 g/mol. The van der Waals surface area contributed by atoms with Crippen LogP contribution in [0.25, 0.3) is 0 Å². The topological polar surface area (TPSA) is 21.3 Å². The summed E-state index contributed by atoms with van der Waals surface area (Å²) in [6, 6.07) is 4.36. The molecule has 1 N–H and O–H groups in total. The molecule has 17 heavy (non-hydrogen) atoms. The second kappa shape index (κ2) is 6.20. The minimum atomic E-state index is -4.32. The van der Waals surface area contributed by atoms with Crippen LogP contribution in [0.1, 0.15) is 0 Å². The van der Waals surface area contributed by atoms with E-state index in [-0.39, 0.29) is 13.2 Å². The van der Waals surface area contributed by atoms with Gasteiger partial charge in [0.15, 0.2) is 0 Å². The Morgan fingerprint density at radius 2 is 2.00 bits per heavy atom. The zero-order valence-corrected chi connectivity index (χ0v) is 10.2. The van der Waals surface area contributed by atoms with Crippen LogP contribution < -0.4 is 5.32 Å². The van der Waals surface area contributed by atoms with Gasteiger partial charge < -0.3 is 10.1 Å². The molecule has 0 atom stereocenters. The van der Waals surface area contributed by atoms with Crippen molar-refractivity contribution in [2.24, 2.45) is 0 Å². The predicted octanol–water partition coefficient (Wildman–Crippen LogP) is 3.58. The molecule has 0 aliphatic heterocycles. The Bertz CT molecular complexity index is 370. The normalized spacial score (nSPS) is 11.6. The van der Waals surface area contributed by atoms with Crippen molar-refractivity contribution >= 4 is 21.6 Å². The Morgan fingerprint density at radius 1 is 1.29 bits per heavy atom. The van der Waals surface area contributed by atoms with Gasteiger partial charge in [0, 0.05) is 12.2 Å². The molecule has 0 aliphatic rings. The van der Waals surface area contributed by atoms with E-state index in [2.05, 4.69) is 26.0 Å². The molecular formula is C10H10BrF4NO. The van der Waals surface area contributed by atoms with Gasteiger partial charge in [0.05, 0.1) is 11.1 Å². The van der Waals surface area contributed by atoms with E-state index in [1.165, 1.54) is 12.1 Å². The van der Waals surface area contributed by atoms with Gasteiger partial charge in [-0.2, -0.15) is 13.2 Å². The third-order valence-electron chi connectivity index (χ3n) is 1.76. The van der Waals surface area contributed by atoms with Crippen LogP contribution >= 0.6 is 15.9 Å². The second-order valence-electron chi connectivity index (χ2n) is 3.22. The Kier molecular flexibility index (Phi) is 5.20. The van der Waals surface area contributed by atoms with E-state index in [1.54, 1.807) is 6.07 Å². The standard InChI is InChI=1S/C10H10BrF4NO/c11-8-2-1-7(5-9(8)12)16-3-4-17-6-10(13,14)15/h1-2,5,16H,3-4,6H2. The van der Waals surface area contributed by atoms with Crippen molar-refractivity contribution in [3.05, 3.63) is 28.5 Å². The first-order valence-electron chi connectivity index (χ1n) is 4.72. The van der Waals surface area contributed by atoms with Gasteiger partial charge in [0.2, 0.25) is 0 Å². The third kappa shape index (κ3) is 5.88. The van der Waals surface area contributed by atoms with Crippen LogP contribution in [-0.2, 0) is 4.74 Å². The quantitative estimate of drug-likeness (QED) is 0.662. The highest BCUT2D eigenvalue weighted by Crippen LogP contribution is 2.19. The molecule has 0 heterocycles. The summed E-state index contributed by atoms with van der Waals surface area (Å²) in [4.78, 5) is 0. The summed E-state index contributed by atoms with van der Waals surface area (Å²) in [6.45, 7) is -1.20. The molecule has 7 heteroatoms. The van der Waals surface area contributed by atoms with Crippen LogP contribution in [0, 0.1) is 5.82 Å². The Balaban J connectivity index is 2.25. The van der Waals surface area contributed by atoms with E-state index in [9.17, 15) is 17.6 Å². The summed E-state index contributed by atoms with van der Waals surface area (Å²) in [5.41, 5.74) is 0.487. The number of rotatable bonds is 5. The van der Waals surface area contributed by atoms with Crippen LogP contribution in [0.5, 0.6) is 0 Å². The number of ether oxygens (including phenoxy) is 1. The SMILES string of the molecule is Fc1cc(NCCOCC(F)(F)F)ccc1Br. The van der Waals surface area contributed by atoms with Crippen molar-refractivity contribution in [3.63, 3.8) is 0 Å². The molecule has 0 saturated carbocycles. The third-order valence-corrected chi connectivity index (χ3v) is 2.40. The summed E-state index contributed by atoms with van der Waals surface area (Å²) >= 11 is 2.99. The highest BCUT2D eigenvalue weighted by atomic mass is 79.9. The van der Waals surface area contributed by atoms with Gasteiger partial charge in [-0.25, -0.2) is 4.39 Å². The maximum absolute atomic E-state index is 13.0. The fraction of sp³-hybridized carbons (Fsp3) is 0.400. The second-order valence-corrected chi connectivity index (χ2v) is 4.08. The number of hydrogen-bond donors (Lipinski definition) is 1. The van der Waals surface area contributed by atoms with Gasteiger partial charge in [0.1, 0.15) is 12.4 Å². The number of nitrogens with one attached hydrogen (secondary N) is 1. The summed E-state index contributed by atoms with van der Waals surface area (Å²) < 4.78 is 52.9. The predicted molar refractivity (Wildman–Crippen MR) is 59.5 cm³/mol. The van der Waals surface area contributed by atoms with Gasteiger partial charge in [-0.3, -0.25) is 0 Å². The van der Waals surface area contributed by atoms with Crippen LogP contribution in [0.3, 0.4) is 0 Å². The molecule has 2 nitrogen and oxygen atoms in total. The number of hydrogen-bond acceptors (Lipinski definition) is 2. The lowest BCUT2D eigenvalue weighted by Gasteiger charge is -2.09. The smallest absolute Gasteiger partial charge is 0.383 e. The largest absolute Gasteiger partial charge is 0.411 e. The van der Waals surface area contributed by atoms with E-state index in [1.807, 2.05) is 0 Å². The number of halogens is 5. The van der Waals surface area contributed by atoms with Gasteiger partial charge >= 0.3 is 6.18 Å². The molecule has 1 aromatic rings. The lowest BCUT2D eigenvalue weighted by molar-refractivity contribution is -0.172. The molecule has 1 aromatic carbocycles. The number of benzene rings is 1. The van der Waals surface area contributed by atoms with Crippen molar-refractivity contribution < 1.29 is 22.3 Å². The molecule has 0 radical (unpaired) electrons. The molecule has 1 rings (SSSR count). The molecule has 0 unspecified atom stereocenters. The van der Waals surface area contributed by atoms with Crippen molar-refractivity contribution in [2.75, 3.05) is 25.1 Å². The van der Waals surface area contributed by atoms with Crippen molar-refractivity contribution in [3.8, 4) is 0 Å². The molecule has 0 saturated heterocycles. The Morgan fingerprint density at radius 3 is 2.59 bits per heavy atom. The van der Waals surface area contributed by atoms with Gasteiger partial charge in [-0.1, -0.05) is 0 Å². The van der Waals surface area contributed by atoms with Crippen molar-refractivity contribution in [1.82, 2.24) is 0 Å². The highest BCUT2D eigenvalue weighted by Gasteiger charge is 2.27. The minimum absolute atomic E-state index is 0.100. The zero-order chi connectivity index (χ0) is 12.9. The minimum Gasteiger partial charge on any atom is -0.383 e. The van der Waals surface area contributed by atoms with Gasteiger partial charge in [0.25, 0.3) is 0 Å². The Hall–Kier alpha value is -0.820. The molecule has 0 bridgehead atoms. The Labute approximate surface area is 104 Å². The number of alkyl halides is 3. The summed E-state index contributed by atoms with van der Waals surface area (Å²) in [5.74, 6) is -0.439. The van der Waals surface area contributed by atoms with Gasteiger partial charge in [-0.15, -0.1) is 0 Å². The van der Waals surface area contributed by atoms with E-state index < -0.39 is 18.6 Å². The molecule has 0 aliphatic carbocycles. The van der Waals surface area contributed by atoms with Crippen LogP contribution in [-0.4, -0.2) is 25.9 Å². The summed E-state index contributed by atoms with van der Waals surface area (Å²) in [7, 11) is 0. The zero-order valence-electron chi connectivity index (χ0n) is 8.65. The lowest BCUT2D eigenvalue weighted by Crippen LogP contribution is -2.20. The maximum atomic E-state index is 13.0. The monoisotopic (exact) mass is 315 g/mol. The molecule has 96 valence electrons. The first-order chi connectivity index (χ1) is 7.88. The van der Waals surface area contributed by atoms with E-state index in [0.717, 1.165) is 0 Å². The summed E-state index contributed by atoms with van der Waals surface area (Å²) in [6.07, 6.45) is -4.32.